The van der Waals surface area contributed by atoms with Gasteiger partial charge in [-0.15, -0.1) is 0 Å². The molecule has 1 aromatic rings. The Kier molecular flexibility index (Phi) is 4.63. The average molecular weight is 368 g/mol. The standard InChI is InChI=1S/C10H10N3O2.3CH3.Sn/c1-11-10-9(6-12-7-13-10)15-8-2-4-14-5-3-8;;;;/h6,8H,2-5H2;3*1H3;. The maximum atomic E-state index is 7.26. The van der Waals surface area contributed by atoms with E-state index < -0.39 is 18.4 Å². The fourth-order valence-electron chi connectivity index (χ4n) is 1.86. The monoisotopic (exact) mass is 369 g/mol. The first kappa shape index (κ1) is 14.5. The van der Waals surface area contributed by atoms with Crippen molar-refractivity contribution in [2.45, 2.75) is 33.8 Å². The molecule has 2 heterocycles. The molecule has 19 heavy (non-hydrogen) atoms. The molecule has 0 aromatic carbocycles. The molecule has 1 aliphatic rings. The van der Waals surface area contributed by atoms with Crippen LogP contribution in [0.5, 0.6) is 5.75 Å². The molecule has 2 rings (SSSR count). The number of ether oxygens (including phenoxy) is 2. The van der Waals surface area contributed by atoms with Crippen molar-refractivity contribution in [1.29, 1.82) is 0 Å². The summed E-state index contributed by atoms with van der Waals surface area (Å²) in [5, 5.41) is 0. The minimum absolute atomic E-state index is 0.113. The van der Waals surface area contributed by atoms with Gasteiger partial charge >= 0.3 is 118 Å². The molecule has 0 spiro atoms. The molecule has 102 valence electrons. The second kappa shape index (κ2) is 6.05. The van der Waals surface area contributed by atoms with Gasteiger partial charge in [0.15, 0.2) is 0 Å². The summed E-state index contributed by atoms with van der Waals surface area (Å²) in [6, 6.07) is 0. The minimum atomic E-state index is -2.33. The van der Waals surface area contributed by atoms with Crippen molar-refractivity contribution >= 4 is 28.0 Å². The second-order valence-electron chi connectivity index (χ2n) is 5.67. The first-order chi connectivity index (χ1) is 9.00. The van der Waals surface area contributed by atoms with Crippen LogP contribution in [0.4, 0.5) is 5.82 Å². The van der Waals surface area contributed by atoms with E-state index in [9.17, 15) is 0 Å². The van der Waals surface area contributed by atoms with Crippen LogP contribution in [0.25, 0.3) is 4.85 Å². The van der Waals surface area contributed by atoms with Crippen molar-refractivity contribution in [2.24, 2.45) is 0 Å². The number of nitrogens with zero attached hydrogens (tertiary/aromatic N) is 3. The molecule has 1 aliphatic heterocycles. The van der Waals surface area contributed by atoms with Crippen LogP contribution in [-0.4, -0.2) is 47.7 Å². The summed E-state index contributed by atoms with van der Waals surface area (Å²) in [5.41, 5.74) is 0. The molecule has 1 fully saturated rings. The van der Waals surface area contributed by atoms with Crippen LogP contribution in [0.15, 0.2) is 6.20 Å². The van der Waals surface area contributed by atoms with Gasteiger partial charge in [-0.05, 0) is 0 Å². The molecule has 0 bridgehead atoms. The number of aromatic nitrogens is 2. The fraction of sp³-hybridized carbons (Fsp3) is 0.615. The van der Waals surface area contributed by atoms with E-state index >= 15 is 0 Å². The molecule has 6 heteroatoms. The van der Waals surface area contributed by atoms with Crippen LogP contribution in [0.2, 0.25) is 14.8 Å². The first-order valence-electron chi connectivity index (χ1n) is 6.50. The average Bonchev–Trinajstić information content (AvgIpc) is 2.39. The van der Waals surface area contributed by atoms with Gasteiger partial charge in [0.25, 0.3) is 0 Å². The van der Waals surface area contributed by atoms with E-state index in [1.807, 2.05) is 0 Å². The molecule has 0 aliphatic carbocycles. The van der Waals surface area contributed by atoms with E-state index in [2.05, 4.69) is 29.6 Å². The van der Waals surface area contributed by atoms with Crippen LogP contribution in [0.1, 0.15) is 12.8 Å². The van der Waals surface area contributed by atoms with Gasteiger partial charge in [0.2, 0.25) is 0 Å². The first-order valence-corrected chi connectivity index (χ1v) is 16.5. The molecule has 1 aromatic heterocycles. The zero-order valence-corrected chi connectivity index (χ0v) is 14.5. The Balaban J connectivity index is 2.19. The van der Waals surface area contributed by atoms with Crippen molar-refractivity contribution in [3.63, 3.8) is 0 Å². The molecular weight excluding hydrogens is 349 g/mol. The normalized spacial score (nSPS) is 16.9. The number of hydrogen-bond donors (Lipinski definition) is 0. The SMILES string of the molecule is [C-]#[N+]c1n[c]([Sn]([CH3])([CH3])[CH3])ncc1OC1CCOCC1. The Morgan fingerprint density at radius 1 is 1.37 bits per heavy atom. The quantitative estimate of drug-likeness (QED) is 0.606. The third-order valence-corrected chi connectivity index (χ3v) is 7.49. The van der Waals surface area contributed by atoms with Gasteiger partial charge in [-0.3, -0.25) is 0 Å². The summed E-state index contributed by atoms with van der Waals surface area (Å²) in [7, 11) is 0. The Labute approximate surface area is 118 Å². The Morgan fingerprint density at radius 2 is 2.05 bits per heavy atom. The zero-order chi connectivity index (χ0) is 13.9. The summed E-state index contributed by atoms with van der Waals surface area (Å²) < 4.78 is 12.0. The van der Waals surface area contributed by atoms with Crippen molar-refractivity contribution in [3.05, 3.63) is 17.6 Å². The van der Waals surface area contributed by atoms with Gasteiger partial charge in [-0.2, -0.15) is 0 Å². The second-order valence-corrected chi connectivity index (χ2v) is 19.8. The molecule has 0 N–H and O–H groups in total. The Hall–Kier alpha value is -0.871. The van der Waals surface area contributed by atoms with Crippen LogP contribution in [0.3, 0.4) is 0 Å². The topological polar surface area (TPSA) is 48.6 Å². The van der Waals surface area contributed by atoms with Gasteiger partial charge in [-0.1, -0.05) is 0 Å². The summed E-state index contributed by atoms with van der Waals surface area (Å²) in [5.74, 6) is 0.865. The number of rotatable bonds is 3. The van der Waals surface area contributed by atoms with E-state index in [0.717, 1.165) is 29.9 Å². The van der Waals surface area contributed by atoms with Crippen molar-refractivity contribution in [1.82, 2.24) is 9.97 Å². The predicted octanol–water partition coefficient (Wildman–Crippen LogP) is 2.13. The third kappa shape index (κ3) is 3.80. The van der Waals surface area contributed by atoms with E-state index in [1.54, 1.807) is 6.20 Å². The molecule has 5 nitrogen and oxygen atoms in total. The summed E-state index contributed by atoms with van der Waals surface area (Å²) >= 11 is -2.33. The molecule has 0 amide bonds. The van der Waals surface area contributed by atoms with Gasteiger partial charge in [-0.25, -0.2) is 0 Å². The van der Waals surface area contributed by atoms with Crippen molar-refractivity contribution in [2.75, 3.05) is 13.2 Å². The van der Waals surface area contributed by atoms with Gasteiger partial charge in [0, 0.05) is 0 Å². The van der Waals surface area contributed by atoms with Crippen LogP contribution in [0, 0.1) is 6.57 Å². The van der Waals surface area contributed by atoms with E-state index in [-0.39, 0.29) is 6.10 Å². The molecule has 0 atom stereocenters. The summed E-state index contributed by atoms with van der Waals surface area (Å²) in [4.78, 5) is 19.0. The predicted molar refractivity (Wildman–Crippen MR) is 75.7 cm³/mol. The number of hydrogen-bond acceptors (Lipinski definition) is 4. The molecular formula is C13H19N3O2Sn. The molecule has 1 saturated heterocycles. The Morgan fingerprint density at radius 3 is 2.63 bits per heavy atom. The molecule has 0 unspecified atom stereocenters. The van der Waals surface area contributed by atoms with Crippen LogP contribution in [-0.2, 0) is 4.74 Å². The van der Waals surface area contributed by atoms with Gasteiger partial charge in [0.1, 0.15) is 0 Å². The zero-order valence-electron chi connectivity index (χ0n) is 11.6. The molecule has 0 saturated carbocycles. The van der Waals surface area contributed by atoms with Crippen molar-refractivity contribution in [3.8, 4) is 5.75 Å². The van der Waals surface area contributed by atoms with E-state index in [1.165, 1.54) is 0 Å². The van der Waals surface area contributed by atoms with E-state index in [0.29, 0.717) is 11.6 Å². The van der Waals surface area contributed by atoms with Gasteiger partial charge in [0.05, 0.1) is 0 Å². The maximum absolute atomic E-state index is 7.26. The van der Waals surface area contributed by atoms with E-state index in [4.69, 9.17) is 16.0 Å². The van der Waals surface area contributed by atoms with Crippen LogP contribution >= 0.6 is 0 Å². The third-order valence-electron chi connectivity index (χ3n) is 2.97. The van der Waals surface area contributed by atoms with Gasteiger partial charge < -0.3 is 0 Å². The Bertz CT molecular complexity index is 488. The summed E-state index contributed by atoms with van der Waals surface area (Å²) in [6.07, 6.45) is 3.50. The molecule has 0 radical (unpaired) electrons. The van der Waals surface area contributed by atoms with Crippen molar-refractivity contribution < 1.29 is 9.47 Å². The fourth-order valence-corrected chi connectivity index (χ4v) is 4.41. The summed E-state index contributed by atoms with van der Waals surface area (Å²) in [6.45, 7) is 8.69. The van der Waals surface area contributed by atoms with Crippen LogP contribution < -0.4 is 8.58 Å².